The van der Waals surface area contributed by atoms with Crippen molar-refractivity contribution in [2.24, 2.45) is 5.92 Å². The number of hydrogen-bond donors (Lipinski definition) is 1. The predicted molar refractivity (Wildman–Crippen MR) is 123 cm³/mol. The molecule has 1 heterocycles. The number of carbonyl (C=O) groups excluding carboxylic acids is 2. The van der Waals surface area contributed by atoms with Crippen LogP contribution in [0, 0.1) is 26.1 Å². The number of esters is 2. The van der Waals surface area contributed by atoms with Gasteiger partial charge in [0.1, 0.15) is 18.0 Å². The zero-order valence-corrected chi connectivity index (χ0v) is 19.3. The van der Waals surface area contributed by atoms with Gasteiger partial charge in [0.2, 0.25) is 0 Å². The van der Waals surface area contributed by atoms with E-state index in [-0.39, 0.29) is 43.0 Å². The first-order valence-electron chi connectivity index (χ1n) is 11.3. The summed E-state index contributed by atoms with van der Waals surface area (Å²) in [5.41, 5.74) is 0.281. The van der Waals surface area contributed by atoms with Crippen molar-refractivity contribution >= 4 is 23.3 Å². The Morgan fingerprint density at radius 2 is 1.83 bits per heavy atom. The maximum absolute atomic E-state index is 12.8. The quantitative estimate of drug-likeness (QED) is 0.307. The molecule has 36 heavy (non-hydrogen) atoms. The summed E-state index contributed by atoms with van der Waals surface area (Å²) in [6.07, 6.45) is 0.615. The highest BCUT2D eigenvalue weighted by Crippen LogP contribution is 2.52. The van der Waals surface area contributed by atoms with Crippen molar-refractivity contribution in [3.05, 3.63) is 73.3 Å². The predicted octanol–water partition coefficient (Wildman–Crippen LogP) is 3.08. The topological polar surface area (TPSA) is 168 Å². The number of hydrogen-bond acceptors (Lipinski definition) is 10. The zero-order chi connectivity index (χ0) is 26.0. The van der Waals surface area contributed by atoms with Crippen molar-refractivity contribution in [2.75, 3.05) is 13.7 Å². The maximum atomic E-state index is 12.8. The van der Waals surface area contributed by atoms with Crippen molar-refractivity contribution in [3.63, 3.8) is 0 Å². The summed E-state index contributed by atoms with van der Waals surface area (Å²) >= 11 is 0. The summed E-state index contributed by atoms with van der Waals surface area (Å²) in [5, 5.41) is 32.4. The van der Waals surface area contributed by atoms with Gasteiger partial charge in [-0.05, 0) is 18.4 Å². The van der Waals surface area contributed by atoms with Crippen LogP contribution >= 0.6 is 0 Å². The van der Waals surface area contributed by atoms with Crippen LogP contribution in [0.4, 0.5) is 11.4 Å². The van der Waals surface area contributed by atoms with Crippen LogP contribution in [0.15, 0.2) is 36.4 Å². The summed E-state index contributed by atoms with van der Waals surface area (Å²) in [6, 6.07) is 8.28. The van der Waals surface area contributed by atoms with Gasteiger partial charge in [0.15, 0.2) is 0 Å². The summed E-state index contributed by atoms with van der Waals surface area (Å²) in [6.45, 7) is -0.302. The molecular formula is C24H24N2O10. The molecule has 2 unspecified atom stereocenters. The van der Waals surface area contributed by atoms with Crippen LogP contribution in [0.5, 0.6) is 5.75 Å². The number of aliphatic hydroxyl groups is 1. The number of methoxy groups -OCH3 is 1. The zero-order valence-electron chi connectivity index (χ0n) is 19.3. The molecule has 2 aromatic carbocycles. The van der Waals surface area contributed by atoms with Gasteiger partial charge in [-0.15, -0.1) is 0 Å². The number of nitro groups is 2. The highest BCUT2D eigenvalue weighted by atomic mass is 16.6. The minimum absolute atomic E-state index is 0.247. The van der Waals surface area contributed by atoms with Crippen molar-refractivity contribution in [1.29, 1.82) is 0 Å². The van der Waals surface area contributed by atoms with Gasteiger partial charge in [-0.2, -0.15) is 0 Å². The smallest absolute Gasteiger partial charge is 0.338 e. The van der Waals surface area contributed by atoms with Crippen LogP contribution in [-0.4, -0.2) is 52.8 Å². The van der Waals surface area contributed by atoms with Gasteiger partial charge < -0.3 is 19.3 Å². The molecule has 12 nitrogen and oxygen atoms in total. The lowest BCUT2D eigenvalue weighted by Gasteiger charge is -2.22. The summed E-state index contributed by atoms with van der Waals surface area (Å²) < 4.78 is 16.5. The molecule has 0 saturated heterocycles. The van der Waals surface area contributed by atoms with Gasteiger partial charge in [-0.1, -0.05) is 18.2 Å². The Morgan fingerprint density at radius 1 is 1.14 bits per heavy atom. The van der Waals surface area contributed by atoms with Crippen LogP contribution in [0.3, 0.4) is 0 Å². The summed E-state index contributed by atoms with van der Waals surface area (Å²) in [7, 11) is 1.34. The molecule has 4 atom stereocenters. The molecule has 1 aliphatic heterocycles. The molecule has 0 spiro atoms. The molecule has 1 fully saturated rings. The summed E-state index contributed by atoms with van der Waals surface area (Å²) in [5.74, 6) is -1.29. The van der Waals surface area contributed by atoms with E-state index in [0.717, 1.165) is 29.3 Å². The number of aliphatic hydroxyl groups excluding tert-OH is 1. The molecule has 0 aromatic heterocycles. The standard InChI is InChI=1S/C24H24N2O10/c1-34-21(28)7-3-5-13-4-2-6-17-22-18(12-27)19(11-20(22)35-23(13)17)36-24(29)14-8-15(25(30)31)10-16(9-14)26(32)33/h2,4,6,8-10,18-20,22,27H,3,5,7,11-12H2,1H3/t18?,19?,20-,22+/m1/s1. The van der Waals surface area contributed by atoms with E-state index >= 15 is 0 Å². The van der Waals surface area contributed by atoms with Crippen molar-refractivity contribution in [2.45, 2.75) is 43.8 Å². The molecular weight excluding hydrogens is 476 g/mol. The summed E-state index contributed by atoms with van der Waals surface area (Å²) in [4.78, 5) is 44.9. The van der Waals surface area contributed by atoms with Gasteiger partial charge in [0, 0.05) is 42.4 Å². The maximum Gasteiger partial charge on any atom is 0.338 e. The molecule has 0 amide bonds. The van der Waals surface area contributed by atoms with Crippen LogP contribution < -0.4 is 4.74 Å². The van der Waals surface area contributed by atoms with Gasteiger partial charge in [-0.3, -0.25) is 25.0 Å². The van der Waals surface area contributed by atoms with Crippen molar-refractivity contribution < 1.29 is 38.8 Å². The number of rotatable bonds is 9. The monoisotopic (exact) mass is 500 g/mol. The number of para-hydroxylation sites is 1. The number of nitro benzene ring substituents is 2. The lowest BCUT2D eigenvalue weighted by atomic mass is 9.87. The minimum atomic E-state index is -0.956. The van der Waals surface area contributed by atoms with E-state index in [2.05, 4.69) is 4.74 Å². The number of ether oxygens (including phenoxy) is 3. The van der Waals surface area contributed by atoms with Gasteiger partial charge in [0.05, 0.1) is 35.2 Å². The molecule has 2 aliphatic rings. The average Bonchev–Trinajstić information content (AvgIpc) is 3.39. The number of non-ortho nitro benzene ring substituents is 2. The number of benzene rings is 2. The Bertz CT molecular complexity index is 1180. The minimum Gasteiger partial charge on any atom is -0.489 e. The Morgan fingerprint density at radius 3 is 2.44 bits per heavy atom. The molecule has 12 heteroatoms. The molecule has 190 valence electrons. The SMILES string of the molecule is COC(=O)CCCc1cccc2c1O[C@@H]1CC(OC(=O)c3cc([N+](=O)[O-])cc([N+](=O)[O-])c3)C(CO)[C@H]21. The molecule has 4 rings (SSSR count). The fourth-order valence-electron chi connectivity index (χ4n) is 4.99. The van der Waals surface area contributed by atoms with E-state index in [0.29, 0.717) is 18.6 Å². The normalized spacial score (nSPS) is 21.7. The molecule has 0 bridgehead atoms. The van der Waals surface area contributed by atoms with Gasteiger partial charge >= 0.3 is 11.9 Å². The first-order valence-corrected chi connectivity index (χ1v) is 11.3. The van der Waals surface area contributed by atoms with Gasteiger partial charge in [0.25, 0.3) is 11.4 Å². The number of nitrogens with zero attached hydrogens (tertiary/aromatic N) is 2. The second-order valence-corrected chi connectivity index (χ2v) is 8.73. The van der Waals surface area contributed by atoms with E-state index < -0.39 is 39.2 Å². The third-order valence-electron chi connectivity index (χ3n) is 6.64. The van der Waals surface area contributed by atoms with E-state index in [1.165, 1.54) is 7.11 Å². The second-order valence-electron chi connectivity index (χ2n) is 8.73. The van der Waals surface area contributed by atoms with Crippen LogP contribution in [0.1, 0.15) is 46.7 Å². The van der Waals surface area contributed by atoms with Crippen LogP contribution in [0.25, 0.3) is 0 Å². The molecule has 2 aromatic rings. The first kappa shape index (κ1) is 25.0. The molecule has 0 radical (unpaired) electrons. The highest BCUT2D eigenvalue weighted by molar-refractivity contribution is 5.91. The fraction of sp³-hybridized carbons (Fsp3) is 0.417. The van der Waals surface area contributed by atoms with Crippen LogP contribution in [-0.2, 0) is 20.7 Å². The fourth-order valence-corrected chi connectivity index (χ4v) is 4.99. The highest BCUT2D eigenvalue weighted by Gasteiger charge is 2.51. The van der Waals surface area contributed by atoms with Crippen molar-refractivity contribution in [3.8, 4) is 5.75 Å². The number of fused-ring (bicyclic) bond motifs is 3. The van der Waals surface area contributed by atoms with E-state index in [1.807, 2.05) is 18.2 Å². The third-order valence-corrected chi connectivity index (χ3v) is 6.64. The average molecular weight is 500 g/mol. The van der Waals surface area contributed by atoms with E-state index in [4.69, 9.17) is 9.47 Å². The van der Waals surface area contributed by atoms with Gasteiger partial charge in [-0.25, -0.2) is 4.79 Å². The molecule has 1 saturated carbocycles. The second kappa shape index (κ2) is 10.3. The molecule has 1 N–H and O–H groups in total. The lowest BCUT2D eigenvalue weighted by molar-refractivity contribution is -0.394. The Balaban J connectivity index is 1.52. The number of aryl methyl sites for hydroxylation is 1. The Kier molecular flexibility index (Phi) is 7.15. The van der Waals surface area contributed by atoms with Crippen molar-refractivity contribution in [1.82, 2.24) is 0 Å². The Hall–Kier alpha value is -4.06. The number of carbonyl (C=O) groups is 2. The largest absolute Gasteiger partial charge is 0.489 e. The molecule has 1 aliphatic carbocycles. The third kappa shape index (κ3) is 4.85. The van der Waals surface area contributed by atoms with Crippen LogP contribution in [0.2, 0.25) is 0 Å². The first-order chi connectivity index (χ1) is 17.2. The van der Waals surface area contributed by atoms with E-state index in [1.54, 1.807) is 0 Å². The lowest BCUT2D eigenvalue weighted by Crippen LogP contribution is -2.27. The van der Waals surface area contributed by atoms with E-state index in [9.17, 15) is 34.9 Å². The Labute approximate surface area is 205 Å².